The molecule has 6 atom stereocenters. The van der Waals surface area contributed by atoms with Crippen molar-refractivity contribution in [2.75, 3.05) is 32.8 Å². The molecule has 0 N–H and O–H groups in total. The number of ether oxygens (including phenoxy) is 1. The van der Waals surface area contributed by atoms with E-state index in [1.165, 1.54) is 6.08 Å². The minimum absolute atomic E-state index is 0.0253. The quantitative estimate of drug-likeness (QED) is 0.411. The maximum atomic E-state index is 15.3. The molecule has 4 fully saturated rings. The van der Waals surface area contributed by atoms with Gasteiger partial charge in [0, 0.05) is 56.4 Å². The summed E-state index contributed by atoms with van der Waals surface area (Å²) in [6, 6.07) is 0.155. The Morgan fingerprint density at radius 1 is 1.02 bits per heavy atom. The molecule has 5 aliphatic rings. The molecular weight excluding hydrogens is 524 g/mol. The molecule has 230 valence electrons. The zero-order chi connectivity index (χ0) is 29.7. The second-order valence-electron chi connectivity index (χ2n) is 15.2. The van der Waals surface area contributed by atoms with E-state index in [9.17, 15) is 14.0 Å². The van der Waals surface area contributed by atoms with Crippen molar-refractivity contribution in [1.82, 2.24) is 14.7 Å². The van der Waals surface area contributed by atoms with Gasteiger partial charge in [-0.15, -0.1) is 0 Å². The summed E-state index contributed by atoms with van der Waals surface area (Å²) >= 11 is 0. The van der Waals surface area contributed by atoms with Crippen LogP contribution in [0.4, 0.5) is 8.78 Å². The number of carbonyl (C=O) groups excluding carboxylic acids is 2. The highest BCUT2D eigenvalue weighted by Gasteiger charge is 2.50. The largest absolute Gasteiger partial charge is 0.368 e. The Balaban J connectivity index is 1.35. The van der Waals surface area contributed by atoms with E-state index in [1.54, 1.807) is 0 Å². The topological polar surface area (TPSA) is 53.1 Å². The van der Waals surface area contributed by atoms with Crippen molar-refractivity contribution in [2.45, 2.75) is 110 Å². The van der Waals surface area contributed by atoms with E-state index in [1.807, 2.05) is 11.8 Å². The van der Waals surface area contributed by atoms with E-state index in [0.717, 1.165) is 51.0 Å². The number of amides is 2. The summed E-state index contributed by atoms with van der Waals surface area (Å²) in [6.07, 6.45) is 8.69. The Labute approximate surface area is 245 Å². The average Bonchev–Trinajstić information content (AvgIpc) is 3.65. The summed E-state index contributed by atoms with van der Waals surface area (Å²) in [5, 5.41) is 0. The molecule has 0 aromatic rings. The standard InChI is InChI=1S/C33H51F2N3O3/c1-21-16-22(34)17-27(35)29(21)25-19-37(32(2,3)4)20-26(25)30(39)36-14-11-24(18-36)38(31(40)28-8-7-15-41-28)23-9-12-33(5,6)13-10-23/h16-17,21,23-26,28-29H,7-15,18-20H2,1-6H3/t21?,24-,25+,26+,28-,29?/m0/s1. The molecule has 6 nitrogen and oxygen atoms in total. The van der Waals surface area contributed by atoms with E-state index in [2.05, 4.69) is 44.4 Å². The van der Waals surface area contributed by atoms with E-state index >= 15 is 4.39 Å². The maximum Gasteiger partial charge on any atom is 0.252 e. The highest BCUT2D eigenvalue weighted by atomic mass is 19.1. The fraction of sp³-hybridized carbons (Fsp3) is 0.818. The second kappa shape index (κ2) is 11.7. The molecule has 5 rings (SSSR count). The summed E-state index contributed by atoms with van der Waals surface area (Å²) in [7, 11) is 0. The van der Waals surface area contributed by atoms with Crippen molar-refractivity contribution >= 4 is 11.8 Å². The summed E-state index contributed by atoms with van der Waals surface area (Å²) < 4.78 is 35.2. The molecule has 8 heteroatoms. The van der Waals surface area contributed by atoms with Crippen LogP contribution < -0.4 is 0 Å². The van der Waals surface area contributed by atoms with Gasteiger partial charge in [-0.05, 0) is 89.0 Å². The Morgan fingerprint density at radius 2 is 1.73 bits per heavy atom. The predicted octanol–water partition coefficient (Wildman–Crippen LogP) is 5.88. The van der Waals surface area contributed by atoms with Gasteiger partial charge in [-0.2, -0.15) is 0 Å². The number of nitrogens with zero attached hydrogens (tertiary/aromatic N) is 3. The maximum absolute atomic E-state index is 15.3. The van der Waals surface area contributed by atoms with Crippen molar-refractivity contribution in [3.8, 4) is 0 Å². The van der Waals surface area contributed by atoms with Crippen LogP contribution in [0, 0.1) is 29.1 Å². The molecule has 2 unspecified atom stereocenters. The number of rotatable bonds is 5. The van der Waals surface area contributed by atoms with E-state index < -0.39 is 17.6 Å². The molecule has 41 heavy (non-hydrogen) atoms. The molecule has 0 aromatic carbocycles. The van der Waals surface area contributed by atoms with Crippen LogP contribution in [-0.2, 0) is 14.3 Å². The Morgan fingerprint density at radius 3 is 2.34 bits per heavy atom. The molecule has 0 spiro atoms. The van der Waals surface area contributed by atoms with E-state index in [-0.39, 0.29) is 53.3 Å². The number of likely N-dealkylation sites (tertiary alicyclic amines) is 2. The van der Waals surface area contributed by atoms with E-state index in [0.29, 0.717) is 38.2 Å². The highest BCUT2D eigenvalue weighted by molar-refractivity contribution is 5.83. The number of hydrogen-bond acceptors (Lipinski definition) is 4. The third kappa shape index (κ3) is 6.43. The summed E-state index contributed by atoms with van der Waals surface area (Å²) in [5.41, 5.74) is 0.126. The number of allylic oxidation sites excluding steroid dienone is 4. The van der Waals surface area contributed by atoms with Crippen molar-refractivity contribution in [3.63, 3.8) is 0 Å². The average molecular weight is 576 g/mol. The van der Waals surface area contributed by atoms with Crippen LogP contribution in [0.1, 0.15) is 86.5 Å². The van der Waals surface area contributed by atoms with Gasteiger partial charge in [-0.3, -0.25) is 14.5 Å². The van der Waals surface area contributed by atoms with Crippen LogP contribution in [-0.4, -0.2) is 83.0 Å². The minimum atomic E-state index is -0.538. The third-order valence-electron chi connectivity index (χ3n) is 10.7. The van der Waals surface area contributed by atoms with Gasteiger partial charge in [0.1, 0.15) is 17.8 Å². The lowest BCUT2D eigenvalue weighted by atomic mass is 9.74. The SMILES string of the molecule is CC1C=C(F)C=C(F)C1[C@@H]1CN(C(C)(C)C)C[C@H]1C(=O)N1CC[C@H](N(C(=O)[C@@H]2CCCO2)C2CCC(C)(C)CC2)C1. The van der Waals surface area contributed by atoms with Gasteiger partial charge in [0.05, 0.1) is 12.0 Å². The van der Waals surface area contributed by atoms with Crippen LogP contribution in [0.2, 0.25) is 0 Å². The highest BCUT2D eigenvalue weighted by Crippen LogP contribution is 2.45. The number of halogens is 2. The first-order valence-electron chi connectivity index (χ1n) is 16.0. The lowest BCUT2D eigenvalue weighted by Crippen LogP contribution is -2.53. The van der Waals surface area contributed by atoms with Gasteiger partial charge in [0.2, 0.25) is 5.91 Å². The first kappa shape index (κ1) is 30.7. The fourth-order valence-corrected chi connectivity index (χ4v) is 8.14. The Kier molecular flexibility index (Phi) is 8.75. The summed E-state index contributed by atoms with van der Waals surface area (Å²) in [6.45, 7) is 15.7. The summed E-state index contributed by atoms with van der Waals surface area (Å²) in [5.74, 6) is -2.28. The predicted molar refractivity (Wildman–Crippen MR) is 156 cm³/mol. The molecular formula is C33H51F2N3O3. The minimum Gasteiger partial charge on any atom is -0.368 e. The van der Waals surface area contributed by atoms with Crippen molar-refractivity contribution in [2.24, 2.45) is 29.1 Å². The smallest absolute Gasteiger partial charge is 0.252 e. The van der Waals surface area contributed by atoms with Crippen LogP contribution in [0.15, 0.2) is 23.8 Å². The van der Waals surface area contributed by atoms with Crippen molar-refractivity contribution < 1.29 is 23.1 Å². The van der Waals surface area contributed by atoms with Gasteiger partial charge < -0.3 is 14.5 Å². The van der Waals surface area contributed by atoms with Crippen LogP contribution in [0.5, 0.6) is 0 Å². The lowest BCUT2D eigenvalue weighted by Gasteiger charge is -2.43. The molecule has 3 saturated heterocycles. The zero-order valence-electron chi connectivity index (χ0n) is 26.0. The first-order chi connectivity index (χ1) is 19.2. The molecule has 1 saturated carbocycles. The van der Waals surface area contributed by atoms with Gasteiger partial charge in [0.15, 0.2) is 0 Å². The van der Waals surface area contributed by atoms with Gasteiger partial charge in [0.25, 0.3) is 5.91 Å². The number of hydrogen-bond donors (Lipinski definition) is 0. The molecule has 2 amide bonds. The summed E-state index contributed by atoms with van der Waals surface area (Å²) in [4.78, 5) is 34.4. The van der Waals surface area contributed by atoms with Gasteiger partial charge >= 0.3 is 0 Å². The monoisotopic (exact) mass is 575 g/mol. The molecule has 3 aliphatic heterocycles. The van der Waals surface area contributed by atoms with Gasteiger partial charge in [-0.1, -0.05) is 20.8 Å². The molecule has 3 heterocycles. The Bertz CT molecular complexity index is 1050. The molecule has 0 bridgehead atoms. The lowest BCUT2D eigenvalue weighted by molar-refractivity contribution is -0.148. The van der Waals surface area contributed by atoms with Gasteiger partial charge in [-0.25, -0.2) is 8.78 Å². The first-order valence-corrected chi connectivity index (χ1v) is 16.0. The fourth-order valence-electron chi connectivity index (χ4n) is 8.14. The normalized spacial score (nSPS) is 35.0. The van der Waals surface area contributed by atoms with Crippen LogP contribution in [0.3, 0.4) is 0 Å². The van der Waals surface area contributed by atoms with E-state index in [4.69, 9.17) is 4.74 Å². The number of carbonyl (C=O) groups is 2. The zero-order valence-corrected chi connectivity index (χ0v) is 26.0. The van der Waals surface area contributed by atoms with Crippen LogP contribution >= 0.6 is 0 Å². The molecule has 0 aromatic heterocycles. The molecule has 2 aliphatic carbocycles. The van der Waals surface area contributed by atoms with Crippen LogP contribution in [0.25, 0.3) is 0 Å². The second-order valence-corrected chi connectivity index (χ2v) is 15.2. The Hall–Kier alpha value is -1.80. The third-order valence-corrected chi connectivity index (χ3v) is 10.7. The molecule has 0 radical (unpaired) electrons. The van der Waals surface area contributed by atoms with Crippen molar-refractivity contribution in [1.29, 1.82) is 0 Å². The van der Waals surface area contributed by atoms with Crippen molar-refractivity contribution in [3.05, 3.63) is 23.8 Å².